The van der Waals surface area contributed by atoms with Gasteiger partial charge in [0.25, 0.3) is 0 Å². The highest BCUT2D eigenvalue weighted by atomic mass is 79.9. The third kappa shape index (κ3) is 2.90. The Kier molecular flexibility index (Phi) is 4.41. The van der Waals surface area contributed by atoms with Crippen LogP contribution in [-0.4, -0.2) is 7.05 Å². The van der Waals surface area contributed by atoms with Gasteiger partial charge in [-0.1, -0.05) is 40.2 Å². The number of rotatable bonds is 3. The molecular formula is C18H19BrFN. The van der Waals surface area contributed by atoms with E-state index in [1.807, 2.05) is 13.1 Å². The largest absolute Gasteiger partial charge is 0.309 e. The molecule has 1 aliphatic carbocycles. The third-order valence-electron chi connectivity index (χ3n) is 4.28. The predicted molar refractivity (Wildman–Crippen MR) is 88.1 cm³/mol. The molecule has 0 aliphatic heterocycles. The number of hydrogen-bond donors (Lipinski definition) is 1. The summed E-state index contributed by atoms with van der Waals surface area (Å²) in [6, 6.07) is 11.6. The maximum atomic E-state index is 14.2. The number of halogens is 2. The molecular weight excluding hydrogens is 329 g/mol. The van der Waals surface area contributed by atoms with Crippen LogP contribution in [0.1, 0.15) is 41.1 Å². The first-order valence-electron chi connectivity index (χ1n) is 7.43. The number of aryl methyl sites for hydroxylation is 2. The van der Waals surface area contributed by atoms with E-state index in [1.165, 1.54) is 36.5 Å². The molecule has 1 aliphatic rings. The van der Waals surface area contributed by atoms with Crippen molar-refractivity contribution in [1.82, 2.24) is 5.32 Å². The fourth-order valence-corrected chi connectivity index (χ4v) is 3.77. The van der Waals surface area contributed by atoms with E-state index >= 15 is 0 Å². The van der Waals surface area contributed by atoms with Crippen LogP contribution in [0, 0.1) is 5.82 Å². The van der Waals surface area contributed by atoms with Gasteiger partial charge in [-0.25, -0.2) is 4.39 Å². The lowest BCUT2D eigenvalue weighted by atomic mass is 9.88. The van der Waals surface area contributed by atoms with Gasteiger partial charge in [-0.05, 0) is 61.6 Å². The molecule has 1 atom stereocenters. The second-order valence-corrected chi connectivity index (χ2v) is 6.45. The third-order valence-corrected chi connectivity index (χ3v) is 4.97. The average Bonchev–Trinajstić information content (AvgIpc) is 2.50. The molecule has 0 saturated heterocycles. The molecule has 3 rings (SSSR count). The molecule has 0 radical (unpaired) electrons. The number of hydrogen-bond acceptors (Lipinski definition) is 1. The first kappa shape index (κ1) is 14.7. The zero-order valence-corrected chi connectivity index (χ0v) is 13.7. The van der Waals surface area contributed by atoms with Crippen LogP contribution in [0.15, 0.2) is 40.9 Å². The molecule has 2 aromatic carbocycles. The Morgan fingerprint density at radius 2 is 1.86 bits per heavy atom. The minimum Gasteiger partial charge on any atom is -0.309 e. The Bertz CT molecular complexity index is 633. The maximum absolute atomic E-state index is 14.2. The van der Waals surface area contributed by atoms with Gasteiger partial charge in [0.2, 0.25) is 0 Å². The summed E-state index contributed by atoms with van der Waals surface area (Å²) in [6.45, 7) is 0. The van der Waals surface area contributed by atoms with Crippen molar-refractivity contribution in [1.29, 1.82) is 0 Å². The molecule has 1 unspecified atom stereocenters. The molecule has 0 bridgehead atoms. The summed E-state index contributed by atoms with van der Waals surface area (Å²) in [6.07, 6.45) is 4.84. The fourth-order valence-electron chi connectivity index (χ4n) is 3.20. The van der Waals surface area contributed by atoms with Crippen molar-refractivity contribution in [3.63, 3.8) is 0 Å². The summed E-state index contributed by atoms with van der Waals surface area (Å²) >= 11 is 3.48. The van der Waals surface area contributed by atoms with Crippen LogP contribution >= 0.6 is 15.9 Å². The van der Waals surface area contributed by atoms with Gasteiger partial charge in [0, 0.05) is 10.0 Å². The van der Waals surface area contributed by atoms with Crippen molar-refractivity contribution in [2.75, 3.05) is 7.05 Å². The van der Waals surface area contributed by atoms with Crippen LogP contribution in [0.4, 0.5) is 4.39 Å². The van der Waals surface area contributed by atoms with E-state index in [4.69, 9.17) is 0 Å². The van der Waals surface area contributed by atoms with E-state index in [0.29, 0.717) is 5.56 Å². The second-order valence-electron chi connectivity index (χ2n) is 5.59. The van der Waals surface area contributed by atoms with Crippen LogP contribution in [0.3, 0.4) is 0 Å². The maximum Gasteiger partial charge on any atom is 0.129 e. The van der Waals surface area contributed by atoms with Gasteiger partial charge in [-0.3, -0.25) is 0 Å². The van der Waals surface area contributed by atoms with Crippen molar-refractivity contribution >= 4 is 15.9 Å². The van der Waals surface area contributed by atoms with Crippen LogP contribution < -0.4 is 5.32 Å². The van der Waals surface area contributed by atoms with Gasteiger partial charge in [0.05, 0.1) is 6.04 Å². The predicted octanol–water partition coefficient (Wildman–Crippen LogP) is 4.78. The van der Waals surface area contributed by atoms with Gasteiger partial charge in [-0.2, -0.15) is 0 Å². The van der Waals surface area contributed by atoms with E-state index in [1.54, 1.807) is 6.07 Å². The van der Waals surface area contributed by atoms with E-state index in [-0.39, 0.29) is 11.9 Å². The Labute approximate surface area is 133 Å². The highest BCUT2D eigenvalue weighted by Gasteiger charge is 2.20. The second kappa shape index (κ2) is 6.29. The summed E-state index contributed by atoms with van der Waals surface area (Å²) in [5.41, 5.74) is 4.68. The Balaban J connectivity index is 2.04. The van der Waals surface area contributed by atoms with Crippen LogP contribution in [0.25, 0.3) is 0 Å². The first-order chi connectivity index (χ1) is 10.2. The fraction of sp³-hybridized carbons (Fsp3) is 0.333. The van der Waals surface area contributed by atoms with Gasteiger partial charge >= 0.3 is 0 Å². The highest BCUT2D eigenvalue weighted by molar-refractivity contribution is 9.10. The molecule has 0 spiro atoms. The lowest BCUT2D eigenvalue weighted by molar-refractivity contribution is 0.573. The Hall–Kier alpha value is -1.19. The molecule has 0 amide bonds. The molecule has 0 aromatic heterocycles. The Morgan fingerprint density at radius 3 is 2.57 bits per heavy atom. The van der Waals surface area contributed by atoms with E-state index in [9.17, 15) is 4.39 Å². The SMILES string of the molecule is CNC(c1ccc2c(c1)CCCC2)c1c(F)cccc1Br. The Morgan fingerprint density at radius 1 is 1.10 bits per heavy atom. The standard InChI is InChI=1S/C18H19BrFN/c1-21-18(17-15(19)7-4-8-16(17)20)14-10-9-12-5-2-3-6-13(12)11-14/h4,7-11,18,21H,2-3,5-6H2,1H3. The van der Waals surface area contributed by atoms with Gasteiger partial charge in [-0.15, -0.1) is 0 Å². The first-order valence-corrected chi connectivity index (χ1v) is 8.23. The molecule has 0 heterocycles. The normalized spacial score (nSPS) is 15.6. The lowest BCUT2D eigenvalue weighted by Crippen LogP contribution is -2.20. The molecule has 2 aromatic rings. The zero-order valence-electron chi connectivity index (χ0n) is 12.1. The van der Waals surface area contributed by atoms with Crippen molar-refractivity contribution in [2.45, 2.75) is 31.7 Å². The van der Waals surface area contributed by atoms with Gasteiger partial charge in [0.15, 0.2) is 0 Å². The molecule has 0 fully saturated rings. The van der Waals surface area contributed by atoms with Crippen molar-refractivity contribution < 1.29 is 4.39 Å². The number of nitrogens with one attached hydrogen (secondary N) is 1. The monoisotopic (exact) mass is 347 g/mol. The summed E-state index contributed by atoms with van der Waals surface area (Å²) in [5, 5.41) is 3.25. The summed E-state index contributed by atoms with van der Waals surface area (Å²) in [5.74, 6) is -0.179. The zero-order chi connectivity index (χ0) is 14.8. The number of fused-ring (bicyclic) bond motifs is 1. The molecule has 3 heteroatoms. The van der Waals surface area contributed by atoms with Crippen molar-refractivity contribution in [3.8, 4) is 0 Å². The number of benzene rings is 2. The smallest absolute Gasteiger partial charge is 0.129 e. The van der Waals surface area contributed by atoms with Crippen LogP contribution in [0.2, 0.25) is 0 Å². The minimum absolute atomic E-state index is 0.132. The molecule has 1 N–H and O–H groups in total. The van der Waals surface area contributed by atoms with E-state index in [0.717, 1.165) is 16.5 Å². The molecule has 1 nitrogen and oxygen atoms in total. The molecule has 0 saturated carbocycles. The van der Waals surface area contributed by atoms with E-state index < -0.39 is 0 Å². The van der Waals surface area contributed by atoms with E-state index in [2.05, 4.69) is 39.4 Å². The summed E-state index contributed by atoms with van der Waals surface area (Å²) < 4.78 is 15.0. The quantitative estimate of drug-likeness (QED) is 0.842. The highest BCUT2D eigenvalue weighted by Crippen LogP contribution is 2.32. The van der Waals surface area contributed by atoms with Crippen molar-refractivity contribution in [3.05, 3.63) is 68.9 Å². The van der Waals surface area contributed by atoms with Crippen LogP contribution in [0.5, 0.6) is 0 Å². The molecule has 110 valence electrons. The molecule has 21 heavy (non-hydrogen) atoms. The van der Waals surface area contributed by atoms with Gasteiger partial charge in [0.1, 0.15) is 5.82 Å². The summed E-state index contributed by atoms with van der Waals surface area (Å²) in [7, 11) is 1.88. The average molecular weight is 348 g/mol. The van der Waals surface area contributed by atoms with Gasteiger partial charge < -0.3 is 5.32 Å². The topological polar surface area (TPSA) is 12.0 Å². The van der Waals surface area contributed by atoms with Crippen molar-refractivity contribution in [2.24, 2.45) is 0 Å². The summed E-state index contributed by atoms with van der Waals surface area (Å²) in [4.78, 5) is 0. The van der Waals surface area contributed by atoms with Crippen LogP contribution in [-0.2, 0) is 12.8 Å². The minimum atomic E-state index is -0.179. The lowest BCUT2D eigenvalue weighted by Gasteiger charge is -2.23.